The molecule has 33 heavy (non-hydrogen) atoms. The highest BCUT2D eigenvalue weighted by atomic mass is 16.2. The Morgan fingerprint density at radius 2 is 1.45 bits per heavy atom. The van der Waals surface area contributed by atoms with Crippen LogP contribution in [0.25, 0.3) is 0 Å². The van der Waals surface area contributed by atoms with Gasteiger partial charge in [-0.1, -0.05) is 68.9 Å². The fraction of sp³-hybridized carbons (Fsp3) is 0.654. The number of nitrogens with zero attached hydrogens (tertiary/aromatic N) is 2. The number of hydrogen-bond acceptors (Lipinski definition) is 4. The van der Waals surface area contributed by atoms with Crippen molar-refractivity contribution in [2.75, 3.05) is 26.2 Å². The van der Waals surface area contributed by atoms with Crippen molar-refractivity contribution >= 4 is 18.2 Å². The number of amides is 3. The second-order valence-electron chi connectivity index (χ2n) is 9.52. The number of rotatable bonds is 6. The summed E-state index contributed by atoms with van der Waals surface area (Å²) in [5.41, 5.74) is 5.78. The highest BCUT2D eigenvalue weighted by Gasteiger charge is 2.30. The van der Waals surface area contributed by atoms with Crippen molar-refractivity contribution in [2.24, 2.45) is 11.7 Å². The lowest BCUT2D eigenvalue weighted by atomic mass is 9.88. The lowest BCUT2D eigenvalue weighted by Crippen LogP contribution is -2.53. The van der Waals surface area contributed by atoms with E-state index in [9.17, 15) is 14.4 Å². The Labute approximate surface area is 198 Å². The maximum Gasteiger partial charge on any atom is 0.244 e. The van der Waals surface area contributed by atoms with Gasteiger partial charge in [-0.2, -0.15) is 0 Å². The van der Waals surface area contributed by atoms with E-state index >= 15 is 0 Å². The van der Waals surface area contributed by atoms with Crippen molar-refractivity contribution < 1.29 is 14.4 Å². The molecule has 7 heteroatoms. The largest absolute Gasteiger partial charge is 0.368 e. The standard InChI is InChI=1S/C17H30N2O.C9H10N2O2/c20-17(15-7-3-1-4-8-15)19-13-11-18(12-14-19)16-9-5-2-6-10-16;10-9(13)8(11-6-12)7-4-2-1-3-5-7/h15-16H,1-14H2;1-6,8H,(H2,10,13)(H,11,12). The molecule has 7 nitrogen and oxygen atoms in total. The maximum atomic E-state index is 12.5. The van der Waals surface area contributed by atoms with Crippen LogP contribution in [0.5, 0.6) is 0 Å². The monoisotopic (exact) mass is 456 g/mol. The average molecular weight is 457 g/mol. The zero-order chi connectivity index (χ0) is 23.5. The molecule has 1 aromatic rings. The molecule has 2 aliphatic carbocycles. The number of primary amides is 1. The highest BCUT2D eigenvalue weighted by Crippen LogP contribution is 2.27. The van der Waals surface area contributed by atoms with Gasteiger partial charge in [0.15, 0.2) is 0 Å². The molecule has 3 N–H and O–H groups in total. The Balaban J connectivity index is 0.000000205. The van der Waals surface area contributed by atoms with Gasteiger partial charge in [-0.15, -0.1) is 0 Å². The average Bonchev–Trinajstić information content (AvgIpc) is 2.89. The van der Waals surface area contributed by atoms with Gasteiger partial charge in [0, 0.05) is 38.1 Å². The number of nitrogens with two attached hydrogens (primary N) is 1. The van der Waals surface area contributed by atoms with Crippen LogP contribution in [0.2, 0.25) is 0 Å². The minimum Gasteiger partial charge on any atom is -0.368 e. The van der Waals surface area contributed by atoms with Crippen molar-refractivity contribution in [2.45, 2.75) is 76.3 Å². The van der Waals surface area contributed by atoms with E-state index in [2.05, 4.69) is 15.1 Å². The van der Waals surface area contributed by atoms with Crippen LogP contribution in [0.3, 0.4) is 0 Å². The highest BCUT2D eigenvalue weighted by molar-refractivity contribution is 5.83. The number of piperazine rings is 1. The van der Waals surface area contributed by atoms with Gasteiger partial charge in [-0.25, -0.2) is 0 Å². The molecule has 1 aliphatic heterocycles. The summed E-state index contributed by atoms with van der Waals surface area (Å²) in [5, 5.41) is 2.34. The molecule has 0 spiro atoms. The molecule has 0 radical (unpaired) electrons. The molecule has 3 aliphatic rings. The number of nitrogens with one attached hydrogen (secondary N) is 1. The van der Waals surface area contributed by atoms with Gasteiger partial charge in [-0.05, 0) is 31.2 Å². The van der Waals surface area contributed by atoms with Gasteiger partial charge in [0.25, 0.3) is 0 Å². The maximum absolute atomic E-state index is 12.5. The van der Waals surface area contributed by atoms with Crippen molar-refractivity contribution in [3.05, 3.63) is 35.9 Å². The molecule has 0 aromatic heterocycles. The Kier molecular flexibility index (Phi) is 10.2. The smallest absolute Gasteiger partial charge is 0.244 e. The van der Waals surface area contributed by atoms with E-state index in [1.54, 1.807) is 24.3 Å². The van der Waals surface area contributed by atoms with Crippen LogP contribution in [-0.4, -0.2) is 60.2 Å². The molecule has 3 amide bonds. The third kappa shape index (κ3) is 7.56. The predicted octanol–water partition coefficient (Wildman–Crippen LogP) is 3.00. The van der Waals surface area contributed by atoms with Gasteiger partial charge < -0.3 is 16.0 Å². The molecule has 1 aromatic carbocycles. The fourth-order valence-corrected chi connectivity index (χ4v) is 5.42. The van der Waals surface area contributed by atoms with Crippen LogP contribution in [0.15, 0.2) is 30.3 Å². The summed E-state index contributed by atoms with van der Waals surface area (Å²) >= 11 is 0. The molecule has 1 atom stereocenters. The van der Waals surface area contributed by atoms with Gasteiger partial charge in [0.2, 0.25) is 18.2 Å². The fourth-order valence-electron chi connectivity index (χ4n) is 5.42. The Morgan fingerprint density at radius 3 is 2.00 bits per heavy atom. The van der Waals surface area contributed by atoms with E-state index in [-0.39, 0.29) is 0 Å². The van der Waals surface area contributed by atoms with Crippen molar-refractivity contribution in [3.63, 3.8) is 0 Å². The molecule has 3 fully saturated rings. The van der Waals surface area contributed by atoms with Crippen LogP contribution in [0.4, 0.5) is 0 Å². The predicted molar refractivity (Wildman–Crippen MR) is 129 cm³/mol. The van der Waals surface area contributed by atoms with Crippen molar-refractivity contribution in [1.29, 1.82) is 0 Å². The van der Waals surface area contributed by atoms with E-state index in [4.69, 9.17) is 5.73 Å². The van der Waals surface area contributed by atoms with Crippen LogP contribution < -0.4 is 11.1 Å². The second-order valence-corrected chi connectivity index (χ2v) is 9.52. The lowest BCUT2D eigenvalue weighted by Gasteiger charge is -2.41. The Hall–Kier alpha value is -2.41. The van der Waals surface area contributed by atoms with E-state index in [1.807, 2.05) is 6.07 Å². The van der Waals surface area contributed by atoms with E-state index in [0.717, 1.165) is 45.1 Å². The summed E-state index contributed by atoms with van der Waals surface area (Å²) in [6.07, 6.45) is 13.6. The topological polar surface area (TPSA) is 95.7 Å². The van der Waals surface area contributed by atoms with E-state index in [0.29, 0.717) is 23.8 Å². The lowest BCUT2D eigenvalue weighted by molar-refractivity contribution is -0.138. The Bertz CT molecular complexity index is 737. The van der Waals surface area contributed by atoms with Crippen molar-refractivity contribution in [1.82, 2.24) is 15.1 Å². The number of benzene rings is 1. The summed E-state index contributed by atoms with van der Waals surface area (Å²) in [6.45, 7) is 4.18. The molecule has 182 valence electrons. The first kappa shape index (κ1) is 25.2. The van der Waals surface area contributed by atoms with Gasteiger partial charge in [0.1, 0.15) is 6.04 Å². The summed E-state index contributed by atoms with van der Waals surface area (Å²) in [5.74, 6) is 0.247. The summed E-state index contributed by atoms with van der Waals surface area (Å²) in [6, 6.07) is 8.91. The van der Waals surface area contributed by atoms with Gasteiger partial charge >= 0.3 is 0 Å². The minimum absolute atomic E-state index is 0.352. The summed E-state index contributed by atoms with van der Waals surface area (Å²) in [7, 11) is 0. The molecule has 2 saturated carbocycles. The number of hydrogen-bond donors (Lipinski definition) is 2. The normalized spacial score (nSPS) is 21.4. The number of carbonyl (C=O) groups is 3. The molecule has 4 rings (SSSR count). The van der Waals surface area contributed by atoms with Crippen molar-refractivity contribution in [3.8, 4) is 0 Å². The van der Waals surface area contributed by atoms with E-state index in [1.165, 1.54) is 51.4 Å². The number of carbonyl (C=O) groups excluding carboxylic acids is 3. The molecule has 1 unspecified atom stereocenters. The first-order valence-corrected chi connectivity index (χ1v) is 12.7. The molecule has 1 saturated heterocycles. The first-order valence-electron chi connectivity index (χ1n) is 12.7. The third-order valence-electron chi connectivity index (χ3n) is 7.32. The van der Waals surface area contributed by atoms with Crippen LogP contribution in [0.1, 0.15) is 75.8 Å². The molecule has 0 bridgehead atoms. The summed E-state index contributed by atoms with van der Waals surface area (Å²) in [4.78, 5) is 38.4. The molecular formula is C26H40N4O3. The van der Waals surface area contributed by atoms with E-state index < -0.39 is 11.9 Å². The zero-order valence-electron chi connectivity index (χ0n) is 19.8. The van der Waals surface area contributed by atoms with Crippen LogP contribution >= 0.6 is 0 Å². The SMILES string of the molecule is NC(=O)C(NC=O)c1ccccc1.O=C(C1CCCCC1)N1CCN(C2CCCCC2)CC1. The van der Waals surface area contributed by atoms with Crippen LogP contribution in [0, 0.1) is 5.92 Å². The second kappa shape index (κ2) is 13.3. The quantitative estimate of drug-likeness (QED) is 0.643. The molecule has 1 heterocycles. The zero-order valence-corrected chi connectivity index (χ0v) is 19.8. The first-order chi connectivity index (χ1) is 16.1. The van der Waals surface area contributed by atoms with Gasteiger partial charge in [0.05, 0.1) is 0 Å². The van der Waals surface area contributed by atoms with Gasteiger partial charge in [-0.3, -0.25) is 19.3 Å². The minimum atomic E-state index is -0.737. The third-order valence-corrected chi connectivity index (χ3v) is 7.32. The Morgan fingerprint density at radius 1 is 0.879 bits per heavy atom. The van der Waals surface area contributed by atoms with Crippen LogP contribution in [-0.2, 0) is 14.4 Å². The summed E-state index contributed by atoms with van der Waals surface area (Å²) < 4.78 is 0. The molecular weight excluding hydrogens is 416 g/mol.